The lowest BCUT2D eigenvalue weighted by Gasteiger charge is -2.22. The number of rotatable bonds is 3. The molecular formula is C15H20N2O2. The van der Waals surface area contributed by atoms with Gasteiger partial charge in [-0.1, -0.05) is 0 Å². The van der Waals surface area contributed by atoms with Crippen LogP contribution in [0.25, 0.3) is 0 Å². The Labute approximate surface area is 113 Å². The Morgan fingerprint density at radius 3 is 3.26 bits per heavy atom. The monoisotopic (exact) mass is 260 g/mol. The third-order valence-corrected chi connectivity index (χ3v) is 3.90. The second-order valence-electron chi connectivity index (χ2n) is 5.34. The van der Waals surface area contributed by atoms with Gasteiger partial charge >= 0.3 is 0 Å². The Hall–Kier alpha value is -1.55. The van der Waals surface area contributed by atoms with Crippen LogP contribution in [0.2, 0.25) is 0 Å². The molecule has 4 heteroatoms. The summed E-state index contributed by atoms with van der Waals surface area (Å²) in [6, 6.07) is 5.70. The van der Waals surface area contributed by atoms with Crippen molar-refractivity contribution in [3.8, 4) is 5.75 Å². The fraction of sp³-hybridized carbons (Fsp3) is 0.533. The highest BCUT2D eigenvalue weighted by atomic mass is 16.5. The van der Waals surface area contributed by atoms with E-state index in [9.17, 15) is 4.79 Å². The van der Waals surface area contributed by atoms with Crippen molar-refractivity contribution < 1.29 is 9.53 Å². The molecule has 0 aromatic heterocycles. The fourth-order valence-electron chi connectivity index (χ4n) is 2.77. The molecule has 2 N–H and O–H groups in total. The van der Waals surface area contributed by atoms with Gasteiger partial charge in [0.15, 0.2) is 0 Å². The van der Waals surface area contributed by atoms with Crippen molar-refractivity contribution in [2.45, 2.75) is 19.3 Å². The van der Waals surface area contributed by atoms with E-state index in [-0.39, 0.29) is 5.91 Å². The van der Waals surface area contributed by atoms with Gasteiger partial charge in [-0.25, -0.2) is 0 Å². The summed E-state index contributed by atoms with van der Waals surface area (Å²) >= 11 is 0. The van der Waals surface area contributed by atoms with Gasteiger partial charge in [-0.2, -0.15) is 0 Å². The highest BCUT2D eigenvalue weighted by Gasteiger charge is 2.17. The minimum absolute atomic E-state index is 0.0280. The van der Waals surface area contributed by atoms with E-state index in [0.717, 1.165) is 49.5 Å². The van der Waals surface area contributed by atoms with Crippen LogP contribution in [0.3, 0.4) is 0 Å². The van der Waals surface area contributed by atoms with Crippen LogP contribution in [0, 0.1) is 5.92 Å². The van der Waals surface area contributed by atoms with E-state index in [0.29, 0.717) is 5.92 Å². The van der Waals surface area contributed by atoms with Crippen molar-refractivity contribution in [3.63, 3.8) is 0 Å². The molecule has 2 aliphatic rings. The van der Waals surface area contributed by atoms with Crippen molar-refractivity contribution in [2.24, 2.45) is 5.92 Å². The lowest BCUT2D eigenvalue weighted by atomic mass is 9.99. The molecule has 3 rings (SSSR count). The molecule has 102 valence electrons. The first-order valence-corrected chi connectivity index (χ1v) is 7.07. The molecular weight excluding hydrogens is 240 g/mol. The Morgan fingerprint density at radius 1 is 1.47 bits per heavy atom. The molecule has 1 aromatic carbocycles. The number of carbonyl (C=O) groups is 1. The molecule has 0 aliphatic carbocycles. The summed E-state index contributed by atoms with van der Waals surface area (Å²) in [4.78, 5) is 12.1. The average Bonchev–Trinajstić information content (AvgIpc) is 2.93. The lowest BCUT2D eigenvalue weighted by molar-refractivity contribution is 0.0945. The van der Waals surface area contributed by atoms with Crippen molar-refractivity contribution >= 4 is 5.91 Å². The number of benzene rings is 1. The molecule has 1 unspecified atom stereocenters. The van der Waals surface area contributed by atoms with Crippen LogP contribution in [-0.4, -0.2) is 32.1 Å². The number of ether oxygens (including phenoxy) is 1. The molecule has 2 aliphatic heterocycles. The zero-order chi connectivity index (χ0) is 13.1. The predicted octanol–water partition coefficient (Wildman–Crippen LogP) is 1.35. The third kappa shape index (κ3) is 2.89. The molecule has 1 aromatic rings. The summed E-state index contributed by atoms with van der Waals surface area (Å²) in [5.74, 6) is 1.52. The predicted molar refractivity (Wildman–Crippen MR) is 73.6 cm³/mol. The van der Waals surface area contributed by atoms with Crippen LogP contribution in [0.4, 0.5) is 0 Å². The van der Waals surface area contributed by atoms with Crippen molar-refractivity contribution in [2.75, 3.05) is 26.2 Å². The van der Waals surface area contributed by atoms with Crippen LogP contribution in [-0.2, 0) is 6.42 Å². The second-order valence-corrected chi connectivity index (χ2v) is 5.34. The number of fused-ring (bicyclic) bond motifs is 1. The summed E-state index contributed by atoms with van der Waals surface area (Å²) in [5.41, 5.74) is 1.89. The molecule has 1 fully saturated rings. The first kappa shape index (κ1) is 12.5. The largest absolute Gasteiger partial charge is 0.493 e. The highest BCUT2D eigenvalue weighted by Crippen LogP contribution is 2.25. The minimum atomic E-state index is 0.0280. The fourth-order valence-corrected chi connectivity index (χ4v) is 2.77. The smallest absolute Gasteiger partial charge is 0.251 e. The molecule has 0 saturated carbocycles. The topological polar surface area (TPSA) is 50.4 Å². The van der Waals surface area contributed by atoms with E-state index in [4.69, 9.17) is 4.74 Å². The molecule has 1 amide bonds. The molecule has 0 bridgehead atoms. The minimum Gasteiger partial charge on any atom is -0.493 e. The third-order valence-electron chi connectivity index (χ3n) is 3.90. The number of hydrogen-bond donors (Lipinski definition) is 2. The maximum absolute atomic E-state index is 12.1. The van der Waals surface area contributed by atoms with Gasteiger partial charge in [0.25, 0.3) is 5.91 Å². The SMILES string of the molecule is O=C(NCC1CCCNC1)c1ccc2c(c1)CCO2. The maximum Gasteiger partial charge on any atom is 0.251 e. The second kappa shape index (κ2) is 5.61. The van der Waals surface area contributed by atoms with Gasteiger partial charge in [-0.05, 0) is 55.6 Å². The van der Waals surface area contributed by atoms with E-state index in [1.54, 1.807) is 0 Å². The van der Waals surface area contributed by atoms with Crippen LogP contribution >= 0.6 is 0 Å². The number of carbonyl (C=O) groups excluding carboxylic acids is 1. The number of amides is 1. The van der Waals surface area contributed by atoms with Crippen molar-refractivity contribution in [1.29, 1.82) is 0 Å². The standard InChI is InChI=1S/C15H20N2O2/c18-15(17-10-11-2-1-6-16-9-11)13-3-4-14-12(8-13)5-7-19-14/h3-4,8,11,16H,1-2,5-7,9-10H2,(H,17,18). The molecule has 0 spiro atoms. The molecule has 1 atom stereocenters. The number of hydrogen-bond acceptors (Lipinski definition) is 3. The lowest BCUT2D eigenvalue weighted by Crippen LogP contribution is -2.38. The van der Waals surface area contributed by atoms with Gasteiger partial charge < -0.3 is 15.4 Å². The van der Waals surface area contributed by atoms with E-state index in [1.807, 2.05) is 18.2 Å². The number of nitrogens with one attached hydrogen (secondary N) is 2. The Bertz CT molecular complexity index is 467. The van der Waals surface area contributed by atoms with Gasteiger partial charge in [-0.3, -0.25) is 4.79 Å². The van der Waals surface area contributed by atoms with E-state index < -0.39 is 0 Å². The highest BCUT2D eigenvalue weighted by molar-refractivity contribution is 5.94. The Morgan fingerprint density at radius 2 is 2.42 bits per heavy atom. The molecule has 2 heterocycles. The Balaban J connectivity index is 1.57. The Kier molecular flexibility index (Phi) is 3.69. The van der Waals surface area contributed by atoms with Gasteiger partial charge in [0, 0.05) is 18.5 Å². The normalized spacial score (nSPS) is 21.6. The summed E-state index contributed by atoms with van der Waals surface area (Å²) in [7, 11) is 0. The van der Waals surface area contributed by atoms with Crippen molar-refractivity contribution in [1.82, 2.24) is 10.6 Å². The van der Waals surface area contributed by atoms with Crippen LogP contribution in [0.1, 0.15) is 28.8 Å². The average molecular weight is 260 g/mol. The van der Waals surface area contributed by atoms with Gasteiger partial charge in [-0.15, -0.1) is 0 Å². The summed E-state index contributed by atoms with van der Waals surface area (Å²) in [6.45, 7) is 3.61. The summed E-state index contributed by atoms with van der Waals surface area (Å²) in [5, 5.41) is 6.40. The quantitative estimate of drug-likeness (QED) is 0.862. The number of piperidine rings is 1. The zero-order valence-electron chi connectivity index (χ0n) is 11.1. The zero-order valence-corrected chi connectivity index (χ0v) is 11.1. The summed E-state index contributed by atoms with van der Waals surface area (Å²) < 4.78 is 5.45. The van der Waals surface area contributed by atoms with Gasteiger partial charge in [0.05, 0.1) is 6.61 Å². The van der Waals surface area contributed by atoms with Crippen LogP contribution in [0.5, 0.6) is 5.75 Å². The maximum atomic E-state index is 12.1. The molecule has 4 nitrogen and oxygen atoms in total. The van der Waals surface area contributed by atoms with Crippen LogP contribution < -0.4 is 15.4 Å². The van der Waals surface area contributed by atoms with Gasteiger partial charge in [0.1, 0.15) is 5.75 Å². The first-order chi connectivity index (χ1) is 9.33. The summed E-state index contributed by atoms with van der Waals surface area (Å²) in [6.07, 6.45) is 3.31. The van der Waals surface area contributed by atoms with Crippen molar-refractivity contribution in [3.05, 3.63) is 29.3 Å². The van der Waals surface area contributed by atoms with Gasteiger partial charge in [0.2, 0.25) is 0 Å². The van der Waals surface area contributed by atoms with E-state index in [2.05, 4.69) is 10.6 Å². The first-order valence-electron chi connectivity index (χ1n) is 7.07. The molecule has 19 heavy (non-hydrogen) atoms. The van der Waals surface area contributed by atoms with E-state index in [1.165, 1.54) is 12.8 Å². The van der Waals surface area contributed by atoms with Crippen LogP contribution in [0.15, 0.2) is 18.2 Å². The van der Waals surface area contributed by atoms with E-state index >= 15 is 0 Å². The molecule has 0 radical (unpaired) electrons. The molecule has 1 saturated heterocycles.